The number of aliphatic hydroxyl groups is 1. The average molecular weight is 271 g/mol. The molecule has 6 nitrogen and oxygen atoms in total. The molecule has 2 N–H and O–H groups in total. The molecule has 0 amide bonds. The lowest BCUT2D eigenvalue weighted by molar-refractivity contribution is -0.380. The summed E-state index contributed by atoms with van der Waals surface area (Å²) in [6.07, 6.45) is 4.83. The van der Waals surface area contributed by atoms with Crippen molar-refractivity contribution in [1.82, 2.24) is 4.98 Å². The molecule has 1 fully saturated rings. The second-order valence-electron chi connectivity index (χ2n) is 5.02. The van der Waals surface area contributed by atoms with Gasteiger partial charge in [-0.3, -0.25) is 10.1 Å². The molecule has 1 aliphatic rings. The van der Waals surface area contributed by atoms with E-state index < -0.39 is 10.5 Å². The summed E-state index contributed by atoms with van der Waals surface area (Å²) in [6, 6.07) is 0. The molecular formula is C11H17N3O3S. The van der Waals surface area contributed by atoms with Gasteiger partial charge in [0.25, 0.3) is 0 Å². The van der Waals surface area contributed by atoms with Crippen LogP contribution in [0.3, 0.4) is 0 Å². The van der Waals surface area contributed by atoms with Crippen LogP contribution in [-0.2, 0) is 0 Å². The Kier molecular flexibility index (Phi) is 3.82. The van der Waals surface area contributed by atoms with Crippen molar-refractivity contribution in [1.29, 1.82) is 0 Å². The number of nitro groups is 1. The van der Waals surface area contributed by atoms with E-state index in [-0.39, 0.29) is 5.00 Å². The Balaban J connectivity index is 1.88. The molecule has 0 radical (unpaired) electrons. The zero-order valence-corrected chi connectivity index (χ0v) is 11.1. The number of rotatable bonds is 4. The van der Waals surface area contributed by atoms with Crippen LogP contribution in [-0.4, -0.2) is 27.2 Å². The minimum Gasteiger partial charge on any atom is -0.388 e. The number of hydrogen-bond acceptors (Lipinski definition) is 6. The normalized spacial score (nSPS) is 28.0. The summed E-state index contributed by atoms with van der Waals surface area (Å²) < 4.78 is 0. The van der Waals surface area contributed by atoms with Crippen molar-refractivity contribution in [2.75, 3.05) is 11.9 Å². The molecule has 0 saturated heterocycles. The molecule has 1 saturated carbocycles. The van der Waals surface area contributed by atoms with Crippen LogP contribution >= 0.6 is 11.3 Å². The Labute approximate surface area is 109 Å². The maximum Gasteiger partial charge on any atom is 0.345 e. The van der Waals surface area contributed by atoms with Gasteiger partial charge in [0.2, 0.25) is 0 Å². The van der Waals surface area contributed by atoms with Gasteiger partial charge in [-0.25, -0.2) is 4.98 Å². The van der Waals surface area contributed by atoms with E-state index in [0.29, 0.717) is 17.6 Å². The molecule has 18 heavy (non-hydrogen) atoms. The minimum absolute atomic E-state index is 0.0155. The standard InChI is InChI=1S/C11H17N3O3S/c1-8-2-4-11(15,5-3-8)7-13-10-12-6-9(18-10)14(16)17/h6,8,15H,2-5,7H2,1H3,(H,12,13). The molecule has 0 unspecified atom stereocenters. The van der Waals surface area contributed by atoms with Gasteiger partial charge >= 0.3 is 5.00 Å². The second kappa shape index (κ2) is 5.19. The van der Waals surface area contributed by atoms with Crippen molar-refractivity contribution in [3.05, 3.63) is 16.3 Å². The van der Waals surface area contributed by atoms with E-state index in [1.165, 1.54) is 6.20 Å². The predicted molar refractivity (Wildman–Crippen MR) is 69.8 cm³/mol. The lowest BCUT2D eigenvalue weighted by atomic mass is 9.79. The van der Waals surface area contributed by atoms with Gasteiger partial charge in [0.1, 0.15) is 6.20 Å². The van der Waals surface area contributed by atoms with Crippen molar-refractivity contribution < 1.29 is 10.0 Å². The van der Waals surface area contributed by atoms with Crippen LogP contribution in [0.1, 0.15) is 32.6 Å². The fourth-order valence-corrected chi connectivity index (χ4v) is 2.78. The first-order valence-electron chi connectivity index (χ1n) is 6.05. The third kappa shape index (κ3) is 3.17. The maximum atomic E-state index is 10.5. The number of thiazole rings is 1. The third-order valence-electron chi connectivity index (χ3n) is 3.45. The van der Waals surface area contributed by atoms with E-state index in [9.17, 15) is 15.2 Å². The summed E-state index contributed by atoms with van der Waals surface area (Å²) in [4.78, 5) is 14.0. The summed E-state index contributed by atoms with van der Waals surface area (Å²) in [5.41, 5.74) is -0.701. The van der Waals surface area contributed by atoms with E-state index in [1.807, 2.05) is 0 Å². The molecule has 0 spiro atoms. The van der Waals surface area contributed by atoms with Gasteiger partial charge < -0.3 is 10.4 Å². The van der Waals surface area contributed by atoms with Gasteiger partial charge in [0, 0.05) is 6.54 Å². The molecule has 0 aromatic carbocycles. The molecule has 100 valence electrons. The van der Waals surface area contributed by atoms with E-state index in [1.54, 1.807) is 0 Å². The summed E-state index contributed by atoms with van der Waals surface area (Å²) in [6.45, 7) is 2.60. The largest absolute Gasteiger partial charge is 0.388 e. The van der Waals surface area contributed by atoms with Gasteiger partial charge in [0.05, 0.1) is 10.5 Å². The van der Waals surface area contributed by atoms with Gasteiger partial charge in [-0.05, 0) is 42.9 Å². The van der Waals surface area contributed by atoms with E-state index in [0.717, 1.165) is 37.0 Å². The molecule has 1 aromatic rings. The van der Waals surface area contributed by atoms with Gasteiger partial charge in [0.15, 0.2) is 5.13 Å². The molecule has 1 aromatic heterocycles. The fraction of sp³-hybridized carbons (Fsp3) is 0.727. The molecule has 1 heterocycles. The highest BCUT2D eigenvalue weighted by molar-refractivity contribution is 7.18. The quantitative estimate of drug-likeness (QED) is 0.648. The van der Waals surface area contributed by atoms with Crippen molar-refractivity contribution in [2.24, 2.45) is 5.92 Å². The van der Waals surface area contributed by atoms with Crippen LogP contribution in [0.15, 0.2) is 6.20 Å². The first-order chi connectivity index (χ1) is 8.48. The highest BCUT2D eigenvalue weighted by Gasteiger charge is 2.31. The first kappa shape index (κ1) is 13.2. The predicted octanol–water partition coefficient (Wildman–Crippen LogP) is 2.40. The minimum atomic E-state index is -0.701. The Morgan fingerprint density at radius 3 is 2.89 bits per heavy atom. The smallest absolute Gasteiger partial charge is 0.345 e. The number of anilines is 1. The molecule has 0 atom stereocenters. The van der Waals surface area contributed by atoms with Crippen LogP contribution in [0.5, 0.6) is 0 Å². The Bertz CT molecular complexity index is 427. The van der Waals surface area contributed by atoms with Crippen molar-refractivity contribution in [3.8, 4) is 0 Å². The van der Waals surface area contributed by atoms with Crippen LogP contribution in [0.2, 0.25) is 0 Å². The first-order valence-corrected chi connectivity index (χ1v) is 6.87. The highest BCUT2D eigenvalue weighted by Crippen LogP contribution is 2.32. The Morgan fingerprint density at radius 2 is 2.33 bits per heavy atom. The summed E-state index contributed by atoms with van der Waals surface area (Å²) in [7, 11) is 0. The van der Waals surface area contributed by atoms with Crippen LogP contribution < -0.4 is 5.32 Å². The number of aromatic nitrogens is 1. The summed E-state index contributed by atoms with van der Waals surface area (Å²) in [5.74, 6) is 0.672. The van der Waals surface area contributed by atoms with E-state index >= 15 is 0 Å². The van der Waals surface area contributed by atoms with Crippen LogP contribution in [0, 0.1) is 16.0 Å². The Hall–Kier alpha value is -1.21. The van der Waals surface area contributed by atoms with E-state index in [2.05, 4.69) is 17.2 Å². The molecule has 1 aliphatic carbocycles. The molecule has 0 aliphatic heterocycles. The zero-order chi connectivity index (χ0) is 13.2. The lowest BCUT2D eigenvalue weighted by Crippen LogP contribution is -2.40. The summed E-state index contributed by atoms with van der Waals surface area (Å²) >= 11 is 0.996. The van der Waals surface area contributed by atoms with Gasteiger partial charge in [-0.1, -0.05) is 6.92 Å². The molecule has 0 bridgehead atoms. The lowest BCUT2D eigenvalue weighted by Gasteiger charge is -2.34. The fourth-order valence-electron chi connectivity index (χ4n) is 2.15. The zero-order valence-electron chi connectivity index (χ0n) is 10.3. The molecule has 2 rings (SSSR count). The number of nitrogens with one attached hydrogen (secondary N) is 1. The number of nitrogens with zero attached hydrogens (tertiary/aromatic N) is 2. The van der Waals surface area contributed by atoms with Gasteiger partial charge in [-0.2, -0.15) is 0 Å². The van der Waals surface area contributed by atoms with E-state index in [4.69, 9.17) is 0 Å². The monoisotopic (exact) mass is 271 g/mol. The maximum absolute atomic E-state index is 10.5. The second-order valence-corrected chi connectivity index (χ2v) is 6.03. The highest BCUT2D eigenvalue weighted by atomic mass is 32.1. The Morgan fingerprint density at radius 1 is 1.67 bits per heavy atom. The SMILES string of the molecule is CC1CCC(O)(CNc2ncc([N+](=O)[O-])s2)CC1. The van der Waals surface area contributed by atoms with Gasteiger partial charge in [-0.15, -0.1) is 0 Å². The van der Waals surface area contributed by atoms with Crippen LogP contribution in [0.4, 0.5) is 10.1 Å². The number of hydrogen-bond donors (Lipinski definition) is 2. The molecular weight excluding hydrogens is 254 g/mol. The van der Waals surface area contributed by atoms with Crippen LogP contribution in [0.25, 0.3) is 0 Å². The van der Waals surface area contributed by atoms with Crippen molar-refractivity contribution in [2.45, 2.75) is 38.2 Å². The average Bonchev–Trinajstić information content (AvgIpc) is 2.80. The van der Waals surface area contributed by atoms with Crippen molar-refractivity contribution in [3.63, 3.8) is 0 Å². The third-order valence-corrected chi connectivity index (χ3v) is 4.35. The topological polar surface area (TPSA) is 88.3 Å². The van der Waals surface area contributed by atoms with Crippen molar-refractivity contribution >= 4 is 21.5 Å². The summed E-state index contributed by atoms with van der Waals surface area (Å²) in [5, 5.41) is 24.4. The molecule has 7 heteroatoms.